The molecule has 19 heavy (non-hydrogen) atoms. The zero-order valence-electron chi connectivity index (χ0n) is 11.3. The molecule has 1 heterocycles. The van der Waals surface area contributed by atoms with E-state index in [-0.39, 0.29) is 0 Å². The fourth-order valence-corrected chi connectivity index (χ4v) is 5.48. The van der Waals surface area contributed by atoms with E-state index in [0.717, 1.165) is 24.2 Å². The second-order valence-electron chi connectivity index (χ2n) is 7.23. The minimum Gasteiger partial charge on any atom is -0.298 e. The summed E-state index contributed by atoms with van der Waals surface area (Å²) in [7, 11) is 0. The van der Waals surface area contributed by atoms with Crippen molar-refractivity contribution in [1.29, 1.82) is 0 Å². The molecule has 0 N–H and O–H groups in total. The first-order valence-electron chi connectivity index (χ1n) is 7.57. The van der Waals surface area contributed by atoms with Crippen LogP contribution in [-0.4, -0.2) is 20.8 Å². The lowest BCUT2D eigenvalue weighted by Gasteiger charge is -2.56. The fraction of sp³-hybridized carbons (Fsp3) is 0.800. The molecule has 4 nitrogen and oxygen atoms in total. The van der Waals surface area contributed by atoms with Crippen molar-refractivity contribution in [1.82, 2.24) is 15.0 Å². The maximum Gasteiger partial charge on any atom is 0.154 e. The van der Waals surface area contributed by atoms with Gasteiger partial charge in [-0.05, 0) is 61.7 Å². The maximum atomic E-state index is 12.3. The molecule has 4 heteroatoms. The summed E-state index contributed by atoms with van der Waals surface area (Å²) in [6, 6.07) is 0. The van der Waals surface area contributed by atoms with E-state index in [0.29, 0.717) is 17.7 Å². The molecular weight excluding hydrogens is 238 g/mol. The Kier molecular flexibility index (Phi) is 2.54. The molecule has 4 aliphatic carbocycles. The fourth-order valence-electron chi connectivity index (χ4n) is 5.48. The molecule has 1 aromatic heterocycles. The van der Waals surface area contributed by atoms with Gasteiger partial charge < -0.3 is 0 Å². The highest BCUT2D eigenvalue weighted by Crippen LogP contribution is 2.61. The number of nitrogens with zero attached hydrogens (tertiary/aromatic N) is 3. The van der Waals surface area contributed by atoms with Crippen LogP contribution in [0, 0.1) is 23.2 Å². The summed E-state index contributed by atoms with van der Waals surface area (Å²) in [4.78, 5) is 12.3. The molecule has 0 radical (unpaired) electrons. The Balaban J connectivity index is 1.46. The summed E-state index contributed by atoms with van der Waals surface area (Å²) >= 11 is 0. The summed E-state index contributed by atoms with van der Waals surface area (Å²) in [5, 5.41) is 7.66. The molecule has 0 aromatic carbocycles. The lowest BCUT2D eigenvalue weighted by Crippen LogP contribution is -2.47. The molecule has 0 saturated heterocycles. The Bertz CT molecular complexity index is 444. The van der Waals surface area contributed by atoms with Crippen molar-refractivity contribution >= 4 is 5.78 Å². The normalized spacial score (nSPS) is 39.7. The van der Waals surface area contributed by atoms with Gasteiger partial charge in [0.1, 0.15) is 6.54 Å². The molecular formula is C15H21N3O. The third-order valence-corrected chi connectivity index (χ3v) is 5.55. The van der Waals surface area contributed by atoms with Gasteiger partial charge in [-0.25, -0.2) is 4.68 Å². The maximum absolute atomic E-state index is 12.3. The number of aromatic nitrogens is 3. The van der Waals surface area contributed by atoms with Crippen LogP contribution in [0.25, 0.3) is 0 Å². The highest BCUT2D eigenvalue weighted by atomic mass is 16.1. The van der Waals surface area contributed by atoms with Crippen LogP contribution in [0.1, 0.15) is 44.9 Å². The van der Waals surface area contributed by atoms with Crippen LogP contribution in [0.2, 0.25) is 0 Å². The van der Waals surface area contributed by atoms with Gasteiger partial charge in [-0.1, -0.05) is 5.21 Å². The molecule has 0 aliphatic heterocycles. The van der Waals surface area contributed by atoms with Gasteiger partial charge >= 0.3 is 0 Å². The topological polar surface area (TPSA) is 47.8 Å². The van der Waals surface area contributed by atoms with E-state index >= 15 is 0 Å². The van der Waals surface area contributed by atoms with Crippen molar-refractivity contribution in [2.45, 2.75) is 51.5 Å². The molecule has 102 valence electrons. The van der Waals surface area contributed by atoms with Gasteiger partial charge in [-0.15, -0.1) is 5.10 Å². The van der Waals surface area contributed by atoms with Gasteiger partial charge in [0.2, 0.25) is 0 Å². The van der Waals surface area contributed by atoms with E-state index in [9.17, 15) is 4.79 Å². The minimum atomic E-state index is 0.340. The summed E-state index contributed by atoms with van der Waals surface area (Å²) in [6.07, 6.45) is 12.4. The van der Waals surface area contributed by atoms with Crippen LogP contribution < -0.4 is 0 Å². The number of Topliss-reactive ketones (excluding diaryl/α,β-unsaturated/α-hetero) is 1. The van der Waals surface area contributed by atoms with Crippen molar-refractivity contribution < 1.29 is 4.79 Å². The predicted octanol–water partition coefficient (Wildman–Crippen LogP) is 2.45. The number of rotatable bonds is 4. The monoisotopic (exact) mass is 259 g/mol. The second-order valence-corrected chi connectivity index (χ2v) is 7.23. The molecule has 4 aliphatic rings. The molecule has 1 aromatic rings. The molecule has 0 unspecified atom stereocenters. The van der Waals surface area contributed by atoms with E-state index < -0.39 is 0 Å². The summed E-state index contributed by atoms with van der Waals surface area (Å²) < 4.78 is 1.66. The van der Waals surface area contributed by atoms with Crippen LogP contribution in [0.5, 0.6) is 0 Å². The number of carbonyl (C=O) groups excluding carboxylic acids is 1. The van der Waals surface area contributed by atoms with E-state index in [1.165, 1.54) is 38.5 Å². The average molecular weight is 259 g/mol. The molecule has 4 saturated carbocycles. The summed E-state index contributed by atoms with van der Waals surface area (Å²) in [5.41, 5.74) is 0.354. The van der Waals surface area contributed by atoms with Gasteiger partial charge in [-0.3, -0.25) is 4.79 Å². The minimum absolute atomic E-state index is 0.340. The van der Waals surface area contributed by atoms with Crippen LogP contribution >= 0.6 is 0 Å². The zero-order valence-corrected chi connectivity index (χ0v) is 11.3. The largest absolute Gasteiger partial charge is 0.298 e. The molecule has 4 fully saturated rings. The molecule has 4 bridgehead atoms. The molecule has 0 spiro atoms. The Labute approximate surface area is 113 Å². The van der Waals surface area contributed by atoms with Crippen molar-refractivity contribution in [3.8, 4) is 0 Å². The van der Waals surface area contributed by atoms with Gasteiger partial charge in [0.05, 0.1) is 6.20 Å². The average Bonchev–Trinajstić information content (AvgIpc) is 2.78. The number of hydrogen-bond acceptors (Lipinski definition) is 3. The third-order valence-electron chi connectivity index (χ3n) is 5.55. The van der Waals surface area contributed by atoms with Crippen LogP contribution in [0.15, 0.2) is 12.4 Å². The van der Waals surface area contributed by atoms with Crippen molar-refractivity contribution in [3.05, 3.63) is 12.4 Å². The van der Waals surface area contributed by atoms with Gasteiger partial charge in [-0.2, -0.15) is 0 Å². The van der Waals surface area contributed by atoms with Crippen LogP contribution in [0.4, 0.5) is 0 Å². The van der Waals surface area contributed by atoms with Crippen molar-refractivity contribution in [2.24, 2.45) is 23.2 Å². The second kappa shape index (κ2) is 4.15. The Morgan fingerprint density at radius 2 is 1.79 bits per heavy atom. The van der Waals surface area contributed by atoms with Crippen molar-refractivity contribution in [2.75, 3.05) is 0 Å². The molecule has 0 amide bonds. The zero-order chi connectivity index (χ0) is 12.9. The Hall–Kier alpha value is -1.19. The Morgan fingerprint density at radius 1 is 1.16 bits per heavy atom. The Morgan fingerprint density at radius 3 is 2.32 bits per heavy atom. The summed E-state index contributed by atoms with van der Waals surface area (Å²) in [5.74, 6) is 3.11. The van der Waals surface area contributed by atoms with Gasteiger partial charge in [0.15, 0.2) is 5.78 Å². The third kappa shape index (κ3) is 2.11. The molecule has 0 atom stereocenters. The first kappa shape index (κ1) is 11.6. The first-order valence-corrected chi connectivity index (χ1v) is 7.57. The lowest BCUT2D eigenvalue weighted by molar-refractivity contribution is -0.128. The summed E-state index contributed by atoms with van der Waals surface area (Å²) in [6.45, 7) is 0.405. The number of hydrogen-bond donors (Lipinski definition) is 0. The van der Waals surface area contributed by atoms with Gasteiger partial charge in [0.25, 0.3) is 0 Å². The molecule has 5 rings (SSSR count). The SMILES string of the molecule is O=C(Cn1ccnn1)CC12CC3CC(CC(C3)C1)C2. The quantitative estimate of drug-likeness (QED) is 0.834. The predicted molar refractivity (Wildman–Crippen MR) is 70.3 cm³/mol. The lowest BCUT2D eigenvalue weighted by atomic mass is 9.48. The van der Waals surface area contributed by atoms with Crippen LogP contribution in [0.3, 0.4) is 0 Å². The highest BCUT2D eigenvalue weighted by molar-refractivity contribution is 5.78. The van der Waals surface area contributed by atoms with Crippen molar-refractivity contribution in [3.63, 3.8) is 0 Å². The van der Waals surface area contributed by atoms with Crippen LogP contribution in [-0.2, 0) is 11.3 Å². The smallest absolute Gasteiger partial charge is 0.154 e. The van der Waals surface area contributed by atoms with E-state index in [2.05, 4.69) is 10.3 Å². The van der Waals surface area contributed by atoms with E-state index in [1.54, 1.807) is 17.1 Å². The highest BCUT2D eigenvalue weighted by Gasteiger charge is 2.51. The first-order chi connectivity index (χ1) is 9.21. The number of carbonyl (C=O) groups is 1. The standard InChI is InChI=1S/C15H21N3O/c19-14(10-18-2-1-16-17-18)9-15-6-11-3-12(7-15)5-13(4-11)8-15/h1-2,11-13H,3-10H2. The van der Waals surface area contributed by atoms with E-state index in [1.807, 2.05) is 0 Å². The number of ketones is 1. The van der Waals surface area contributed by atoms with Gasteiger partial charge in [0, 0.05) is 12.6 Å². The van der Waals surface area contributed by atoms with E-state index in [4.69, 9.17) is 0 Å².